The summed E-state index contributed by atoms with van der Waals surface area (Å²) in [6.07, 6.45) is -11.3. The fourth-order valence-electron chi connectivity index (χ4n) is 0.890. The number of nitrogens with one attached hydrogen (secondary N) is 1. The average Bonchev–Trinajstić information content (AvgIpc) is 1.94. The molecule has 2 nitrogen and oxygen atoms in total. The standard InChI is InChI=1S/C8H11F6NO/c1-4(2)3-15-6(16)5(7(9,10)11)8(12,13)14/h4-5H,3H2,1-2H3,(H,15,16). The van der Waals surface area contributed by atoms with Gasteiger partial charge >= 0.3 is 12.4 Å². The van der Waals surface area contributed by atoms with E-state index < -0.39 is 24.2 Å². The summed E-state index contributed by atoms with van der Waals surface area (Å²) in [7, 11) is 0. The lowest BCUT2D eigenvalue weighted by atomic mass is 10.1. The minimum Gasteiger partial charge on any atom is -0.355 e. The average molecular weight is 251 g/mol. The Hall–Kier alpha value is -0.950. The predicted octanol–water partition coefficient (Wildman–Crippen LogP) is 2.50. The van der Waals surface area contributed by atoms with E-state index in [1.807, 2.05) is 0 Å². The van der Waals surface area contributed by atoms with Gasteiger partial charge < -0.3 is 5.32 Å². The molecule has 0 aliphatic rings. The SMILES string of the molecule is CC(C)CNC(=O)C(C(F)(F)F)C(F)(F)F. The van der Waals surface area contributed by atoms with Crippen LogP contribution in [0, 0.1) is 11.8 Å². The molecule has 1 N–H and O–H groups in total. The molecule has 0 atom stereocenters. The van der Waals surface area contributed by atoms with Crippen LogP contribution in [-0.4, -0.2) is 24.8 Å². The molecule has 0 aliphatic carbocycles. The molecule has 1 amide bonds. The Balaban J connectivity index is 4.74. The summed E-state index contributed by atoms with van der Waals surface area (Å²) in [6, 6.07) is 0. The second-order valence-corrected chi connectivity index (χ2v) is 3.66. The van der Waals surface area contributed by atoms with Crippen molar-refractivity contribution in [3.05, 3.63) is 0 Å². The molecular formula is C8H11F6NO. The summed E-state index contributed by atoms with van der Waals surface area (Å²) >= 11 is 0. The Morgan fingerprint density at radius 3 is 1.69 bits per heavy atom. The van der Waals surface area contributed by atoms with Gasteiger partial charge in [-0.05, 0) is 5.92 Å². The van der Waals surface area contributed by atoms with Crippen molar-refractivity contribution in [2.75, 3.05) is 6.54 Å². The molecule has 96 valence electrons. The van der Waals surface area contributed by atoms with Crippen LogP contribution < -0.4 is 5.32 Å². The van der Waals surface area contributed by atoms with Crippen LogP contribution in [0.3, 0.4) is 0 Å². The molecule has 0 aromatic rings. The topological polar surface area (TPSA) is 29.1 Å². The second kappa shape index (κ2) is 4.92. The largest absolute Gasteiger partial charge is 0.409 e. The highest BCUT2D eigenvalue weighted by molar-refractivity contribution is 5.80. The molecule has 16 heavy (non-hydrogen) atoms. The first kappa shape index (κ1) is 15.0. The van der Waals surface area contributed by atoms with Crippen molar-refractivity contribution in [1.29, 1.82) is 0 Å². The van der Waals surface area contributed by atoms with Crippen LogP contribution in [-0.2, 0) is 4.79 Å². The van der Waals surface area contributed by atoms with Crippen molar-refractivity contribution in [2.45, 2.75) is 26.2 Å². The number of halogens is 6. The Morgan fingerprint density at radius 2 is 1.44 bits per heavy atom. The first-order chi connectivity index (χ1) is 6.96. The molecular weight excluding hydrogens is 240 g/mol. The first-order valence-corrected chi connectivity index (χ1v) is 4.37. The third-order valence-corrected chi connectivity index (χ3v) is 1.60. The van der Waals surface area contributed by atoms with E-state index in [9.17, 15) is 31.1 Å². The van der Waals surface area contributed by atoms with Crippen molar-refractivity contribution >= 4 is 5.91 Å². The van der Waals surface area contributed by atoms with Gasteiger partial charge in [-0.15, -0.1) is 0 Å². The van der Waals surface area contributed by atoms with Gasteiger partial charge in [-0.25, -0.2) is 0 Å². The lowest BCUT2D eigenvalue weighted by molar-refractivity contribution is -0.274. The maximum Gasteiger partial charge on any atom is 0.409 e. The van der Waals surface area contributed by atoms with Crippen LogP contribution in [0.25, 0.3) is 0 Å². The summed E-state index contributed by atoms with van der Waals surface area (Å²) in [4.78, 5) is 10.8. The van der Waals surface area contributed by atoms with Crippen molar-refractivity contribution in [2.24, 2.45) is 11.8 Å². The molecule has 0 aromatic carbocycles. The molecule has 8 heteroatoms. The predicted molar refractivity (Wildman–Crippen MR) is 43.4 cm³/mol. The highest BCUT2D eigenvalue weighted by atomic mass is 19.4. The molecule has 0 fully saturated rings. The number of carbonyl (C=O) groups is 1. The van der Waals surface area contributed by atoms with Crippen LogP contribution in [0.15, 0.2) is 0 Å². The maximum atomic E-state index is 12.0. The van der Waals surface area contributed by atoms with Crippen molar-refractivity contribution in [3.8, 4) is 0 Å². The van der Waals surface area contributed by atoms with Crippen molar-refractivity contribution in [3.63, 3.8) is 0 Å². The molecule has 0 radical (unpaired) electrons. The summed E-state index contributed by atoms with van der Waals surface area (Å²) in [5.74, 6) is -6.25. The molecule has 0 heterocycles. The van der Waals surface area contributed by atoms with E-state index in [0.717, 1.165) is 0 Å². The number of amides is 1. The van der Waals surface area contributed by atoms with Gasteiger partial charge in [0.2, 0.25) is 11.8 Å². The molecule has 0 unspecified atom stereocenters. The van der Waals surface area contributed by atoms with Crippen LogP contribution in [0.4, 0.5) is 26.3 Å². The van der Waals surface area contributed by atoms with Crippen LogP contribution in [0.2, 0.25) is 0 Å². The summed E-state index contributed by atoms with van der Waals surface area (Å²) in [5.41, 5.74) is 0. The van der Waals surface area contributed by atoms with Gasteiger partial charge in [-0.3, -0.25) is 4.79 Å². The van der Waals surface area contributed by atoms with Crippen molar-refractivity contribution < 1.29 is 31.1 Å². The normalized spacial score (nSPS) is 13.4. The molecule has 0 spiro atoms. The van der Waals surface area contributed by atoms with Gasteiger partial charge in [0.25, 0.3) is 0 Å². The minimum atomic E-state index is -5.63. The van der Waals surface area contributed by atoms with E-state index in [-0.39, 0.29) is 12.5 Å². The zero-order valence-corrected chi connectivity index (χ0v) is 8.54. The Bertz CT molecular complexity index is 230. The number of rotatable bonds is 3. The lowest BCUT2D eigenvalue weighted by Gasteiger charge is -2.22. The second-order valence-electron chi connectivity index (χ2n) is 3.66. The van der Waals surface area contributed by atoms with Gasteiger partial charge in [0.1, 0.15) is 0 Å². The van der Waals surface area contributed by atoms with Crippen LogP contribution >= 0.6 is 0 Å². The van der Waals surface area contributed by atoms with E-state index >= 15 is 0 Å². The number of carbonyl (C=O) groups excluding carboxylic acids is 1. The number of hydrogen-bond donors (Lipinski definition) is 1. The molecule has 0 saturated heterocycles. The van der Waals surface area contributed by atoms with E-state index in [2.05, 4.69) is 0 Å². The molecule has 0 saturated carbocycles. The highest BCUT2D eigenvalue weighted by Crippen LogP contribution is 2.39. The lowest BCUT2D eigenvalue weighted by Crippen LogP contribution is -2.48. The molecule has 0 bridgehead atoms. The first-order valence-electron chi connectivity index (χ1n) is 4.37. The van der Waals surface area contributed by atoms with Gasteiger partial charge in [0.05, 0.1) is 0 Å². The Morgan fingerprint density at radius 1 is 1.06 bits per heavy atom. The van der Waals surface area contributed by atoms with Gasteiger partial charge in [0.15, 0.2) is 0 Å². The third kappa shape index (κ3) is 4.71. The number of hydrogen-bond acceptors (Lipinski definition) is 1. The molecule has 0 aliphatic heterocycles. The summed E-state index contributed by atoms with van der Waals surface area (Å²) in [6.45, 7) is 2.87. The van der Waals surface area contributed by atoms with E-state index in [1.165, 1.54) is 0 Å². The number of alkyl halides is 6. The van der Waals surface area contributed by atoms with Gasteiger partial charge in [0, 0.05) is 6.54 Å². The van der Waals surface area contributed by atoms with E-state index in [0.29, 0.717) is 0 Å². The van der Waals surface area contributed by atoms with Crippen molar-refractivity contribution in [1.82, 2.24) is 5.32 Å². The van der Waals surface area contributed by atoms with Gasteiger partial charge in [-0.1, -0.05) is 13.8 Å². The summed E-state index contributed by atoms with van der Waals surface area (Å²) < 4.78 is 72.1. The van der Waals surface area contributed by atoms with E-state index in [1.54, 1.807) is 19.2 Å². The Labute approximate surface area is 88.0 Å². The van der Waals surface area contributed by atoms with Crippen LogP contribution in [0.1, 0.15) is 13.8 Å². The summed E-state index contributed by atoms with van der Waals surface area (Å²) in [5, 5.41) is 1.62. The zero-order valence-electron chi connectivity index (χ0n) is 8.54. The monoisotopic (exact) mass is 251 g/mol. The fourth-order valence-corrected chi connectivity index (χ4v) is 0.890. The fraction of sp³-hybridized carbons (Fsp3) is 0.875. The van der Waals surface area contributed by atoms with Gasteiger partial charge in [-0.2, -0.15) is 26.3 Å². The molecule has 0 aromatic heterocycles. The highest BCUT2D eigenvalue weighted by Gasteiger charge is 2.60. The Kier molecular flexibility index (Phi) is 4.63. The molecule has 0 rings (SSSR count). The quantitative estimate of drug-likeness (QED) is 0.767. The van der Waals surface area contributed by atoms with Crippen LogP contribution in [0.5, 0.6) is 0 Å². The van der Waals surface area contributed by atoms with E-state index in [4.69, 9.17) is 0 Å². The zero-order chi connectivity index (χ0) is 13.1. The third-order valence-electron chi connectivity index (χ3n) is 1.60. The maximum absolute atomic E-state index is 12.0. The smallest absolute Gasteiger partial charge is 0.355 e. The minimum absolute atomic E-state index is 0.230.